The molecule has 0 saturated carbocycles. The average molecular weight is 412 g/mol. The minimum absolute atomic E-state index is 0.332. The van der Waals surface area contributed by atoms with E-state index in [0.717, 1.165) is 29.4 Å². The first kappa shape index (κ1) is 19.8. The smallest absolute Gasteiger partial charge is 0.336 e. The Balaban J connectivity index is 1.89. The molecule has 0 saturated heterocycles. The van der Waals surface area contributed by atoms with Gasteiger partial charge in [-0.05, 0) is 42.0 Å². The summed E-state index contributed by atoms with van der Waals surface area (Å²) in [6.45, 7) is 9.58. The number of nitrogens with zero attached hydrogens (tertiary/aromatic N) is 1. The third-order valence-electron chi connectivity index (χ3n) is 5.56. The molecular formula is C24H26ClNO3. The van der Waals surface area contributed by atoms with Gasteiger partial charge in [0, 0.05) is 17.1 Å². The van der Waals surface area contributed by atoms with Crippen LogP contribution in [0.4, 0.5) is 5.69 Å². The summed E-state index contributed by atoms with van der Waals surface area (Å²) in [5.41, 5.74) is 5.71. The molecule has 0 fully saturated rings. The van der Waals surface area contributed by atoms with Gasteiger partial charge in [0.2, 0.25) is 0 Å². The number of ether oxygens (including phenoxy) is 1. The fourth-order valence-electron chi connectivity index (χ4n) is 4.25. The summed E-state index contributed by atoms with van der Waals surface area (Å²) in [5.74, 6) is 1.00. The molecule has 1 aromatic heterocycles. The van der Waals surface area contributed by atoms with Crippen molar-refractivity contribution in [1.29, 1.82) is 0 Å². The lowest BCUT2D eigenvalue weighted by Crippen LogP contribution is -2.33. The molecule has 4 nitrogen and oxygen atoms in total. The highest BCUT2D eigenvalue weighted by atomic mass is 35.5. The van der Waals surface area contributed by atoms with Crippen molar-refractivity contribution in [3.63, 3.8) is 0 Å². The van der Waals surface area contributed by atoms with Gasteiger partial charge in [0.05, 0.1) is 17.1 Å². The van der Waals surface area contributed by atoms with Crippen LogP contribution in [0, 0.1) is 6.92 Å². The first-order valence-electron chi connectivity index (χ1n) is 10.2. The summed E-state index contributed by atoms with van der Waals surface area (Å²) in [7, 11) is 0. The molecule has 0 aliphatic carbocycles. The Labute approximate surface area is 176 Å². The van der Waals surface area contributed by atoms with Gasteiger partial charge in [-0.15, -0.1) is 0 Å². The molecule has 3 aromatic rings. The van der Waals surface area contributed by atoms with Crippen LogP contribution in [-0.4, -0.2) is 6.73 Å². The molecule has 0 spiro atoms. The lowest BCUT2D eigenvalue weighted by atomic mass is 9.96. The highest BCUT2D eigenvalue weighted by molar-refractivity contribution is 6.33. The standard InChI is InChI=1S/C24H26ClNO3/c1-5-7-16-10-21(27)29-23-18(16)11-20(25)24-19(23)12-26(13-28-24)22-15(4)8-6-9-17(22)14(2)3/h6,8-11,14H,5,7,12-13H2,1-4H3. The Morgan fingerprint density at radius 2 is 2.03 bits per heavy atom. The number of benzene rings is 2. The molecule has 0 atom stereocenters. The van der Waals surface area contributed by atoms with Gasteiger partial charge in [0.15, 0.2) is 6.73 Å². The fourth-order valence-corrected chi connectivity index (χ4v) is 4.53. The number of hydrogen-bond donors (Lipinski definition) is 0. The molecule has 0 amide bonds. The number of hydrogen-bond acceptors (Lipinski definition) is 4. The summed E-state index contributed by atoms with van der Waals surface area (Å²) in [4.78, 5) is 14.4. The fraction of sp³-hybridized carbons (Fsp3) is 0.375. The zero-order valence-electron chi connectivity index (χ0n) is 17.3. The minimum atomic E-state index is -0.332. The van der Waals surface area contributed by atoms with Crippen molar-refractivity contribution >= 4 is 28.3 Å². The minimum Gasteiger partial charge on any atom is -0.471 e. The monoisotopic (exact) mass is 411 g/mol. The van der Waals surface area contributed by atoms with Crippen LogP contribution in [-0.2, 0) is 13.0 Å². The van der Waals surface area contributed by atoms with Gasteiger partial charge in [0.1, 0.15) is 11.3 Å². The predicted octanol–water partition coefficient (Wildman–Crippen LogP) is 6.19. The first-order chi connectivity index (χ1) is 13.9. The third-order valence-corrected chi connectivity index (χ3v) is 5.84. The summed E-state index contributed by atoms with van der Waals surface area (Å²) >= 11 is 6.58. The SMILES string of the molecule is CCCc1cc(=O)oc2c3c(c(Cl)cc12)OCN(c1c(C)cccc1C(C)C)C3. The molecule has 0 radical (unpaired) electrons. The molecule has 1 aliphatic rings. The molecule has 29 heavy (non-hydrogen) atoms. The number of fused-ring (bicyclic) bond motifs is 3. The lowest BCUT2D eigenvalue weighted by Gasteiger charge is -2.34. The van der Waals surface area contributed by atoms with E-state index in [1.54, 1.807) is 6.07 Å². The van der Waals surface area contributed by atoms with E-state index in [-0.39, 0.29) is 5.63 Å². The second-order valence-corrected chi connectivity index (χ2v) is 8.43. The number of aryl methyl sites for hydroxylation is 2. The Hall–Kier alpha value is -2.46. The molecule has 0 unspecified atom stereocenters. The van der Waals surface area contributed by atoms with E-state index in [1.807, 2.05) is 6.07 Å². The second-order valence-electron chi connectivity index (χ2n) is 8.02. The van der Waals surface area contributed by atoms with Gasteiger partial charge >= 0.3 is 5.63 Å². The molecule has 2 heterocycles. The zero-order chi connectivity index (χ0) is 20.7. The number of para-hydroxylation sites is 1. The van der Waals surface area contributed by atoms with E-state index < -0.39 is 0 Å². The van der Waals surface area contributed by atoms with E-state index in [9.17, 15) is 4.79 Å². The maximum atomic E-state index is 12.2. The van der Waals surface area contributed by atoms with Crippen LogP contribution in [0.25, 0.3) is 11.0 Å². The molecule has 1 aliphatic heterocycles. The first-order valence-corrected chi connectivity index (χ1v) is 10.5. The van der Waals surface area contributed by atoms with Crippen LogP contribution in [0.3, 0.4) is 0 Å². The normalized spacial score (nSPS) is 13.7. The van der Waals surface area contributed by atoms with Crippen molar-refractivity contribution in [3.8, 4) is 5.75 Å². The summed E-state index contributed by atoms with van der Waals surface area (Å²) < 4.78 is 11.8. The average Bonchev–Trinajstić information content (AvgIpc) is 2.68. The Kier molecular flexibility index (Phi) is 5.30. The molecule has 2 aromatic carbocycles. The molecule has 0 N–H and O–H groups in total. The maximum Gasteiger partial charge on any atom is 0.336 e. The highest BCUT2D eigenvalue weighted by Gasteiger charge is 2.27. The molecule has 152 valence electrons. The van der Waals surface area contributed by atoms with Crippen LogP contribution >= 0.6 is 11.6 Å². The largest absolute Gasteiger partial charge is 0.471 e. The van der Waals surface area contributed by atoms with E-state index >= 15 is 0 Å². The summed E-state index contributed by atoms with van der Waals surface area (Å²) in [6, 6.07) is 9.82. The zero-order valence-corrected chi connectivity index (χ0v) is 18.1. The number of anilines is 1. The Morgan fingerprint density at radius 1 is 1.24 bits per heavy atom. The number of rotatable bonds is 4. The van der Waals surface area contributed by atoms with E-state index in [1.165, 1.54) is 16.8 Å². The van der Waals surface area contributed by atoms with E-state index in [2.05, 4.69) is 50.8 Å². The van der Waals surface area contributed by atoms with Crippen LogP contribution in [0.5, 0.6) is 5.75 Å². The van der Waals surface area contributed by atoms with E-state index in [0.29, 0.717) is 35.5 Å². The molecule has 0 bridgehead atoms. The van der Waals surface area contributed by atoms with Crippen molar-refractivity contribution in [1.82, 2.24) is 0 Å². The van der Waals surface area contributed by atoms with Crippen molar-refractivity contribution < 1.29 is 9.15 Å². The van der Waals surface area contributed by atoms with Crippen LogP contribution < -0.4 is 15.3 Å². The van der Waals surface area contributed by atoms with Crippen molar-refractivity contribution in [2.75, 3.05) is 11.6 Å². The maximum absolute atomic E-state index is 12.2. The third kappa shape index (κ3) is 3.51. The van der Waals surface area contributed by atoms with Gasteiger partial charge in [0.25, 0.3) is 0 Å². The quantitative estimate of drug-likeness (QED) is 0.480. The molecule has 5 heteroatoms. The summed E-state index contributed by atoms with van der Waals surface area (Å²) in [5, 5.41) is 1.46. The van der Waals surface area contributed by atoms with Crippen molar-refractivity contribution in [3.05, 3.63) is 68.0 Å². The van der Waals surface area contributed by atoms with Gasteiger partial charge in [-0.1, -0.05) is 57.0 Å². The van der Waals surface area contributed by atoms with Crippen LogP contribution in [0.15, 0.2) is 39.5 Å². The van der Waals surface area contributed by atoms with Gasteiger partial charge in [-0.25, -0.2) is 4.79 Å². The Bertz CT molecular complexity index is 1130. The van der Waals surface area contributed by atoms with Crippen molar-refractivity contribution in [2.24, 2.45) is 0 Å². The van der Waals surface area contributed by atoms with Gasteiger partial charge in [-0.3, -0.25) is 0 Å². The lowest BCUT2D eigenvalue weighted by molar-refractivity contribution is 0.288. The van der Waals surface area contributed by atoms with Gasteiger partial charge in [-0.2, -0.15) is 0 Å². The van der Waals surface area contributed by atoms with Gasteiger partial charge < -0.3 is 14.1 Å². The van der Waals surface area contributed by atoms with Crippen LogP contribution in [0.1, 0.15) is 55.4 Å². The topological polar surface area (TPSA) is 42.7 Å². The molecular weight excluding hydrogens is 386 g/mol. The molecule has 4 rings (SSSR count). The Morgan fingerprint density at radius 3 is 2.76 bits per heavy atom. The van der Waals surface area contributed by atoms with Crippen molar-refractivity contribution in [2.45, 2.75) is 53.0 Å². The van der Waals surface area contributed by atoms with E-state index in [4.69, 9.17) is 20.8 Å². The highest BCUT2D eigenvalue weighted by Crippen LogP contribution is 2.42. The predicted molar refractivity (Wildman–Crippen MR) is 118 cm³/mol. The second kappa shape index (κ2) is 7.75. The number of halogens is 1. The van der Waals surface area contributed by atoms with Crippen LogP contribution in [0.2, 0.25) is 5.02 Å². The summed E-state index contributed by atoms with van der Waals surface area (Å²) in [6.07, 6.45) is 1.74.